The van der Waals surface area contributed by atoms with Gasteiger partial charge in [0.1, 0.15) is 11.5 Å². The lowest BCUT2D eigenvalue weighted by Gasteiger charge is -2.13. The van der Waals surface area contributed by atoms with Crippen molar-refractivity contribution in [2.75, 3.05) is 11.0 Å². The Morgan fingerprint density at radius 2 is 1.35 bits per heavy atom. The van der Waals surface area contributed by atoms with Gasteiger partial charge >= 0.3 is 0 Å². The van der Waals surface area contributed by atoms with Crippen LogP contribution in [0.2, 0.25) is 0 Å². The smallest absolute Gasteiger partial charge is 0.229 e. The lowest BCUT2D eigenvalue weighted by atomic mass is 10.1. The van der Waals surface area contributed by atoms with Crippen molar-refractivity contribution >= 4 is 37.5 Å². The van der Waals surface area contributed by atoms with Crippen LogP contribution >= 0.6 is 0 Å². The zero-order valence-corrected chi connectivity index (χ0v) is 14.8. The Morgan fingerprint density at radius 3 is 1.88 bits per heavy atom. The van der Waals surface area contributed by atoms with E-state index >= 15 is 0 Å². The molecule has 0 bridgehead atoms. The number of fused-ring (bicyclic) bond motifs is 2. The Balaban J connectivity index is 1.78. The van der Waals surface area contributed by atoms with Gasteiger partial charge in [-0.2, -0.15) is 0 Å². The highest BCUT2D eigenvalue weighted by Crippen LogP contribution is 2.36. The third-order valence-corrected chi connectivity index (χ3v) is 4.52. The van der Waals surface area contributed by atoms with Crippen LogP contribution < -0.4 is 9.46 Å². The van der Waals surface area contributed by atoms with Crippen LogP contribution in [-0.2, 0) is 10.0 Å². The molecule has 1 aromatic heterocycles. The van der Waals surface area contributed by atoms with Crippen LogP contribution in [0.4, 0.5) is 5.69 Å². The summed E-state index contributed by atoms with van der Waals surface area (Å²) in [7, 11) is -3.31. The number of benzene rings is 3. The van der Waals surface area contributed by atoms with Crippen molar-refractivity contribution in [3.05, 3.63) is 72.8 Å². The van der Waals surface area contributed by atoms with Gasteiger partial charge in [-0.15, -0.1) is 0 Å². The van der Waals surface area contributed by atoms with Crippen LogP contribution in [-0.4, -0.2) is 19.7 Å². The Kier molecular flexibility index (Phi) is 3.97. The minimum absolute atomic E-state index is 0.490. The monoisotopic (exact) mass is 364 g/mol. The van der Waals surface area contributed by atoms with Crippen LogP contribution in [0.25, 0.3) is 21.8 Å². The van der Waals surface area contributed by atoms with E-state index < -0.39 is 10.0 Å². The summed E-state index contributed by atoms with van der Waals surface area (Å²) >= 11 is 0. The van der Waals surface area contributed by atoms with Gasteiger partial charge in [-0.3, -0.25) is 4.72 Å². The number of hydrogen-bond acceptors (Lipinski definition) is 4. The molecule has 5 nitrogen and oxygen atoms in total. The molecule has 26 heavy (non-hydrogen) atoms. The molecule has 4 aromatic rings. The quantitative estimate of drug-likeness (QED) is 0.539. The van der Waals surface area contributed by atoms with E-state index in [0.717, 1.165) is 33.8 Å². The largest absolute Gasteiger partial charge is 0.456 e. The molecular weight excluding hydrogens is 348 g/mol. The molecule has 0 atom stereocenters. The molecule has 0 saturated carbocycles. The molecule has 0 aliphatic rings. The van der Waals surface area contributed by atoms with Crippen molar-refractivity contribution in [1.29, 1.82) is 0 Å². The molecule has 0 aliphatic heterocycles. The maximum atomic E-state index is 11.3. The summed E-state index contributed by atoms with van der Waals surface area (Å²) in [5, 5.41) is 1.84. The predicted molar refractivity (Wildman–Crippen MR) is 104 cm³/mol. The van der Waals surface area contributed by atoms with Crippen LogP contribution in [0.1, 0.15) is 0 Å². The molecule has 0 radical (unpaired) electrons. The lowest BCUT2D eigenvalue weighted by Crippen LogP contribution is -2.09. The number of sulfonamides is 1. The Bertz CT molecular complexity index is 1150. The summed E-state index contributed by atoms with van der Waals surface area (Å²) in [4.78, 5) is 4.68. The number of nitrogens with zero attached hydrogens (tertiary/aromatic N) is 1. The number of pyridine rings is 1. The molecule has 1 N–H and O–H groups in total. The number of hydrogen-bond donors (Lipinski definition) is 1. The number of aromatic nitrogens is 1. The normalized spacial score (nSPS) is 11.6. The number of anilines is 1. The first kappa shape index (κ1) is 16.4. The van der Waals surface area contributed by atoms with Crippen molar-refractivity contribution < 1.29 is 13.2 Å². The Labute approximate surface area is 151 Å². The number of nitrogens with one attached hydrogen (secondary N) is 1. The van der Waals surface area contributed by atoms with E-state index in [2.05, 4.69) is 9.71 Å². The fourth-order valence-corrected chi connectivity index (χ4v) is 3.40. The van der Waals surface area contributed by atoms with Gasteiger partial charge in [-0.05, 0) is 48.5 Å². The van der Waals surface area contributed by atoms with Crippen LogP contribution in [0, 0.1) is 0 Å². The summed E-state index contributed by atoms with van der Waals surface area (Å²) in [6.07, 6.45) is 1.12. The molecule has 4 rings (SSSR count). The van der Waals surface area contributed by atoms with Crippen molar-refractivity contribution in [2.45, 2.75) is 0 Å². The highest BCUT2D eigenvalue weighted by atomic mass is 32.2. The van der Waals surface area contributed by atoms with E-state index in [4.69, 9.17) is 4.74 Å². The molecule has 0 fully saturated rings. The van der Waals surface area contributed by atoms with Crippen LogP contribution in [0.3, 0.4) is 0 Å². The average Bonchev–Trinajstić information content (AvgIpc) is 2.62. The van der Waals surface area contributed by atoms with E-state index in [1.54, 1.807) is 24.3 Å². The van der Waals surface area contributed by atoms with Crippen molar-refractivity contribution in [2.24, 2.45) is 0 Å². The second-order valence-corrected chi connectivity index (χ2v) is 7.72. The molecule has 130 valence electrons. The summed E-state index contributed by atoms with van der Waals surface area (Å²) in [6, 6.07) is 22.4. The van der Waals surface area contributed by atoms with Crippen molar-refractivity contribution in [3.63, 3.8) is 0 Å². The van der Waals surface area contributed by atoms with Gasteiger partial charge in [0.05, 0.1) is 17.3 Å². The molecule has 0 aliphatic carbocycles. The zero-order valence-electron chi connectivity index (χ0n) is 14.0. The van der Waals surface area contributed by atoms with Gasteiger partial charge in [0.15, 0.2) is 0 Å². The molecule has 1 heterocycles. The van der Waals surface area contributed by atoms with E-state index in [1.807, 2.05) is 48.5 Å². The fourth-order valence-electron chi connectivity index (χ4n) is 2.83. The first-order chi connectivity index (χ1) is 12.5. The molecular formula is C20H16N2O3S. The predicted octanol–water partition coefficient (Wildman–Crippen LogP) is 4.55. The molecule has 0 unspecified atom stereocenters. The minimum Gasteiger partial charge on any atom is -0.456 e. The third kappa shape index (κ3) is 3.32. The summed E-state index contributed by atoms with van der Waals surface area (Å²) < 4.78 is 31.3. The van der Waals surface area contributed by atoms with Gasteiger partial charge in [0.25, 0.3) is 0 Å². The second kappa shape index (κ2) is 6.31. The van der Waals surface area contributed by atoms with E-state index in [0.29, 0.717) is 11.4 Å². The van der Waals surface area contributed by atoms with E-state index in [1.165, 1.54) is 0 Å². The Morgan fingerprint density at radius 1 is 0.808 bits per heavy atom. The second-order valence-electron chi connectivity index (χ2n) is 5.98. The van der Waals surface area contributed by atoms with Gasteiger partial charge in [-0.1, -0.05) is 24.3 Å². The van der Waals surface area contributed by atoms with E-state index in [9.17, 15) is 8.42 Å². The fraction of sp³-hybridized carbons (Fsp3) is 0.0500. The number of rotatable bonds is 4. The van der Waals surface area contributed by atoms with Gasteiger partial charge in [0, 0.05) is 16.5 Å². The third-order valence-electron chi connectivity index (χ3n) is 3.92. The SMILES string of the molecule is CS(=O)(=O)Nc1ccc(Oc2c3ccccc3nc3ccccc23)cc1. The lowest BCUT2D eigenvalue weighted by molar-refractivity contribution is 0.493. The summed E-state index contributed by atoms with van der Waals surface area (Å²) in [5.74, 6) is 1.35. The van der Waals surface area contributed by atoms with Gasteiger partial charge in [-0.25, -0.2) is 13.4 Å². The molecule has 3 aromatic carbocycles. The topological polar surface area (TPSA) is 68.3 Å². The molecule has 0 spiro atoms. The van der Waals surface area contributed by atoms with Crippen molar-refractivity contribution in [1.82, 2.24) is 4.98 Å². The number of ether oxygens (including phenoxy) is 1. The average molecular weight is 364 g/mol. The summed E-state index contributed by atoms with van der Waals surface area (Å²) in [5.41, 5.74) is 2.21. The van der Waals surface area contributed by atoms with Gasteiger partial charge in [0.2, 0.25) is 10.0 Å². The molecule has 0 amide bonds. The van der Waals surface area contributed by atoms with E-state index in [-0.39, 0.29) is 0 Å². The first-order valence-electron chi connectivity index (χ1n) is 8.03. The maximum absolute atomic E-state index is 11.3. The highest BCUT2D eigenvalue weighted by Gasteiger charge is 2.11. The van der Waals surface area contributed by atoms with Crippen LogP contribution in [0.5, 0.6) is 11.5 Å². The first-order valence-corrected chi connectivity index (χ1v) is 9.92. The minimum atomic E-state index is -3.31. The maximum Gasteiger partial charge on any atom is 0.229 e. The summed E-state index contributed by atoms with van der Waals surface area (Å²) in [6.45, 7) is 0. The van der Waals surface area contributed by atoms with Crippen LogP contribution in [0.15, 0.2) is 72.8 Å². The Hall–Kier alpha value is -3.12. The highest BCUT2D eigenvalue weighted by molar-refractivity contribution is 7.92. The molecule has 0 saturated heterocycles. The number of para-hydroxylation sites is 2. The molecule has 6 heteroatoms. The van der Waals surface area contributed by atoms with Gasteiger partial charge < -0.3 is 4.74 Å². The zero-order chi connectivity index (χ0) is 18.1. The standard InChI is InChI=1S/C20H16N2O3S/c1-26(23,24)22-14-10-12-15(13-11-14)25-20-16-6-2-4-8-18(16)21-19-9-5-3-7-17(19)20/h2-13,22H,1H3. The van der Waals surface area contributed by atoms with Crippen molar-refractivity contribution in [3.8, 4) is 11.5 Å².